The van der Waals surface area contributed by atoms with Crippen LogP contribution in [0.1, 0.15) is 6.92 Å². The van der Waals surface area contributed by atoms with Gasteiger partial charge in [-0.1, -0.05) is 0 Å². The maximum Gasteiger partial charge on any atom is 0.232 e. The summed E-state index contributed by atoms with van der Waals surface area (Å²) in [5.74, 6) is 0.557. The topological polar surface area (TPSA) is 81.4 Å². The minimum Gasteiger partial charge on any atom is -0.497 e. The van der Waals surface area contributed by atoms with E-state index in [1.807, 2.05) is 0 Å². The molecule has 1 aromatic rings. The lowest BCUT2D eigenvalue weighted by atomic mass is 10.2. The lowest BCUT2D eigenvalue weighted by molar-refractivity contribution is 0.415. The first kappa shape index (κ1) is 11.6. The largest absolute Gasteiger partial charge is 0.497 e. The van der Waals surface area contributed by atoms with E-state index in [0.29, 0.717) is 17.1 Å². The third-order valence-electron chi connectivity index (χ3n) is 1.91. The van der Waals surface area contributed by atoms with Gasteiger partial charge in [0.2, 0.25) is 10.0 Å². The SMILES string of the molecule is CCS(=O)(=O)Nc1cc(OC)ccc1N. The Morgan fingerprint density at radius 1 is 1.47 bits per heavy atom. The van der Waals surface area contributed by atoms with Crippen LogP contribution in [0.2, 0.25) is 0 Å². The quantitative estimate of drug-likeness (QED) is 0.757. The van der Waals surface area contributed by atoms with Crippen molar-refractivity contribution in [2.75, 3.05) is 23.3 Å². The van der Waals surface area contributed by atoms with Crippen molar-refractivity contribution in [3.8, 4) is 5.75 Å². The van der Waals surface area contributed by atoms with E-state index in [-0.39, 0.29) is 5.75 Å². The molecule has 0 aliphatic carbocycles. The molecule has 0 heterocycles. The summed E-state index contributed by atoms with van der Waals surface area (Å²) < 4.78 is 30.0. The maximum absolute atomic E-state index is 11.3. The van der Waals surface area contributed by atoms with E-state index >= 15 is 0 Å². The highest BCUT2D eigenvalue weighted by atomic mass is 32.2. The Balaban J connectivity index is 3.04. The highest BCUT2D eigenvalue weighted by molar-refractivity contribution is 7.92. The maximum atomic E-state index is 11.3. The molecule has 1 rings (SSSR count). The number of sulfonamides is 1. The molecule has 0 unspecified atom stereocenters. The van der Waals surface area contributed by atoms with Crippen LogP contribution in [0.15, 0.2) is 18.2 Å². The average molecular weight is 230 g/mol. The summed E-state index contributed by atoms with van der Waals surface area (Å²) in [5.41, 5.74) is 6.34. The number of anilines is 2. The van der Waals surface area contributed by atoms with E-state index < -0.39 is 10.0 Å². The lowest BCUT2D eigenvalue weighted by Crippen LogP contribution is -2.15. The second kappa shape index (κ2) is 4.39. The monoisotopic (exact) mass is 230 g/mol. The molecule has 6 heteroatoms. The van der Waals surface area contributed by atoms with E-state index in [0.717, 1.165) is 0 Å². The van der Waals surface area contributed by atoms with E-state index in [2.05, 4.69) is 4.72 Å². The molecule has 84 valence electrons. The summed E-state index contributed by atoms with van der Waals surface area (Å²) in [6, 6.07) is 4.80. The van der Waals surface area contributed by atoms with Crippen molar-refractivity contribution in [1.82, 2.24) is 0 Å². The summed E-state index contributed by atoms with van der Waals surface area (Å²) >= 11 is 0. The minimum atomic E-state index is -3.31. The molecule has 0 aliphatic rings. The van der Waals surface area contributed by atoms with Crippen LogP contribution in [0.25, 0.3) is 0 Å². The van der Waals surface area contributed by atoms with Gasteiger partial charge in [-0.15, -0.1) is 0 Å². The van der Waals surface area contributed by atoms with Crippen molar-refractivity contribution in [3.05, 3.63) is 18.2 Å². The first-order chi connectivity index (χ1) is 6.98. The van der Waals surface area contributed by atoms with Gasteiger partial charge in [0.05, 0.1) is 24.2 Å². The molecule has 0 spiro atoms. The fourth-order valence-electron chi connectivity index (χ4n) is 0.990. The van der Waals surface area contributed by atoms with Crippen LogP contribution >= 0.6 is 0 Å². The Kier molecular flexibility index (Phi) is 3.41. The zero-order chi connectivity index (χ0) is 11.5. The Hall–Kier alpha value is -1.43. The van der Waals surface area contributed by atoms with E-state index in [9.17, 15) is 8.42 Å². The normalized spacial score (nSPS) is 11.1. The van der Waals surface area contributed by atoms with Crippen molar-refractivity contribution >= 4 is 21.4 Å². The van der Waals surface area contributed by atoms with Crippen LogP contribution in [0.3, 0.4) is 0 Å². The van der Waals surface area contributed by atoms with Crippen molar-refractivity contribution in [1.29, 1.82) is 0 Å². The smallest absolute Gasteiger partial charge is 0.232 e. The Morgan fingerprint density at radius 3 is 2.67 bits per heavy atom. The highest BCUT2D eigenvalue weighted by Crippen LogP contribution is 2.25. The lowest BCUT2D eigenvalue weighted by Gasteiger charge is -2.10. The van der Waals surface area contributed by atoms with E-state index in [1.54, 1.807) is 25.1 Å². The van der Waals surface area contributed by atoms with E-state index in [1.165, 1.54) is 7.11 Å². The van der Waals surface area contributed by atoms with Gasteiger partial charge in [0.15, 0.2) is 0 Å². The molecule has 0 saturated carbocycles. The summed E-state index contributed by atoms with van der Waals surface area (Å²) in [4.78, 5) is 0. The molecule has 0 amide bonds. The van der Waals surface area contributed by atoms with Gasteiger partial charge in [-0.2, -0.15) is 0 Å². The molecular weight excluding hydrogens is 216 g/mol. The Labute approximate surface area is 89.3 Å². The van der Waals surface area contributed by atoms with Gasteiger partial charge < -0.3 is 10.5 Å². The van der Waals surface area contributed by atoms with E-state index in [4.69, 9.17) is 10.5 Å². The number of benzene rings is 1. The molecule has 1 aromatic carbocycles. The Bertz CT molecular complexity index is 443. The van der Waals surface area contributed by atoms with Crippen LogP contribution in [0.5, 0.6) is 5.75 Å². The molecule has 3 N–H and O–H groups in total. The molecule has 0 atom stereocenters. The van der Waals surface area contributed by atoms with Gasteiger partial charge in [0, 0.05) is 6.07 Å². The average Bonchev–Trinajstić information content (AvgIpc) is 2.21. The first-order valence-corrected chi connectivity index (χ1v) is 6.07. The molecule has 0 radical (unpaired) electrons. The summed E-state index contributed by atoms with van der Waals surface area (Å²) in [5, 5.41) is 0. The number of methoxy groups -OCH3 is 1. The summed E-state index contributed by atoms with van der Waals surface area (Å²) in [6.45, 7) is 1.55. The number of nitrogen functional groups attached to an aromatic ring is 1. The minimum absolute atomic E-state index is 0.00362. The zero-order valence-corrected chi connectivity index (χ0v) is 9.47. The molecule has 0 bridgehead atoms. The predicted octanol–water partition coefficient (Wildman–Crippen LogP) is 1.04. The number of rotatable bonds is 4. The van der Waals surface area contributed by atoms with Gasteiger partial charge in [-0.25, -0.2) is 8.42 Å². The second-order valence-corrected chi connectivity index (χ2v) is 4.97. The first-order valence-electron chi connectivity index (χ1n) is 4.42. The molecule has 0 aliphatic heterocycles. The molecule has 0 fully saturated rings. The molecule has 0 saturated heterocycles. The molecular formula is C9H14N2O3S. The molecule has 0 aromatic heterocycles. The summed E-state index contributed by atoms with van der Waals surface area (Å²) in [6.07, 6.45) is 0. The van der Waals surface area contributed by atoms with Crippen molar-refractivity contribution in [2.24, 2.45) is 0 Å². The number of ether oxygens (including phenoxy) is 1. The molecule has 5 nitrogen and oxygen atoms in total. The number of nitrogens with one attached hydrogen (secondary N) is 1. The van der Waals surface area contributed by atoms with Crippen LogP contribution < -0.4 is 15.2 Å². The van der Waals surface area contributed by atoms with Crippen LogP contribution in [-0.4, -0.2) is 21.3 Å². The zero-order valence-electron chi connectivity index (χ0n) is 8.65. The van der Waals surface area contributed by atoms with Crippen molar-refractivity contribution in [2.45, 2.75) is 6.92 Å². The third kappa shape index (κ3) is 3.02. The predicted molar refractivity (Wildman–Crippen MR) is 60.5 cm³/mol. The second-order valence-electron chi connectivity index (χ2n) is 2.96. The molecule has 15 heavy (non-hydrogen) atoms. The van der Waals surface area contributed by atoms with Gasteiger partial charge in [-0.05, 0) is 19.1 Å². The fourth-order valence-corrected chi connectivity index (χ4v) is 1.65. The van der Waals surface area contributed by atoms with Crippen molar-refractivity contribution < 1.29 is 13.2 Å². The van der Waals surface area contributed by atoms with Crippen molar-refractivity contribution in [3.63, 3.8) is 0 Å². The number of nitrogens with two attached hydrogens (primary N) is 1. The van der Waals surface area contributed by atoms with Crippen LogP contribution in [0.4, 0.5) is 11.4 Å². The number of hydrogen-bond donors (Lipinski definition) is 2. The van der Waals surface area contributed by atoms with Gasteiger partial charge in [0.25, 0.3) is 0 Å². The standard InChI is InChI=1S/C9H14N2O3S/c1-3-15(12,13)11-9-6-7(14-2)4-5-8(9)10/h4-6,11H,3,10H2,1-2H3. The van der Waals surface area contributed by atoms with Gasteiger partial charge in [0.1, 0.15) is 5.75 Å². The van der Waals surface area contributed by atoms with Crippen LogP contribution in [-0.2, 0) is 10.0 Å². The fraction of sp³-hybridized carbons (Fsp3) is 0.333. The van der Waals surface area contributed by atoms with Gasteiger partial charge >= 0.3 is 0 Å². The summed E-state index contributed by atoms with van der Waals surface area (Å²) in [7, 11) is -1.80. The Morgan fingerprint density at radius 2 is 2.13 bits per heavy atom. The highest BCUT2D eigenvalue weighted by Gasteiger charge is 2.09. The number of hydrogen-bond acceptors (Lipinski definition) is 4. The van der Waals surface area contributed by atoms with Crippen LogP contribution in [0, 0.1) is 0 Å². The van der Waals surface area contributed by atoms with Gasteiger partial charge in [-0.3, -0.25) is 4.72 Å². The third-order valence-corrected chi connectivity index (χ3v) is 3.20.